The minimum absolute atomic E-state index is 0.300. The second-order valence-electron chi connectivity index (χ2n) is 4.84. The van der Waals surface area contributed by atoms with Crippen molar-refractivity contribution in [1.29, 1.82) is 0 Å². The molecule has 1 heterocycles. The van der Waals surface area contributed by atoms with Crippen molar-refractivity contribution in [2.45, 2.75) is 36.9 Å². The number of aryl methyl sites for hydroxylation is 1. The number of nitrogens with one attached hydrogen (secondary N) is 2. The Labute approximate surface area is 142 Å². The Morgan fingerprint density at radius 1 is 1.50 bits per heavy atom. The largest absolute Gasteiger partial charge is 0.298 e. The van der Waals surface area contributed by atoms with Crippen LogP contribution in [0.5, 0.6) is 0 Å². The number of benzene rings is 1. The van der Waals surface area contributed by atoms with Gasteiger partial charge in [-0.15, -0.1) is 11.3 Å². The van der Waals surface area contributed by atoms with Crippen molar-refractivity contribution in [3.05, 3.63) is 28.8 Å². The molecule has 2 aromatic rings. The fourth-order valence-corrected chi connectivity index (χ4v) is 4.49. The van der Waals surface area contributed by atoms with E-state index in [1.807, 2.05) is 32.0 Å². The van der Waals surface area contributed by atoms with Gasteiger partial charge in [0.1, 0.15) is 0 Å². The molecule has 7 heteroatoms. The predicted octanol–water partition coefficient (Wildman–Crippen LogP) is 3.90. The lowest BCUT2D eigenvalue weighted by atomic mass is 10.2. The first kappa shape index (κ1) is 17.3. The number of amides is 2. The molecule has 2 amide bonds. The maximum atomic E-state index is 11.8. The van der Waals surface area contributed by atoms with Crippen molar-refractivity contribution in [2.24, 2.45) is 0 Å². The van der Waals surface area contributed by atoms with Gasteiger partial charge < -0.3 is 0 Å². The molecule has 2 rings (SSSR count). The van der Waals surface area contributed by atoms with Gasteiger partial charge in [-0.25, -0.2) is 4.72 Å². The Morgan fingerprint density at radius 3 is 2.95 bits per heavy atom. The molecule has 0 saturated carbocycles. The van der Waals surface area contributed by atoms with Crippen LogP contribution >= 0.6 is 34.9 Å². The summed E-state index contributed by atoms with van der Waals surface area (Å²) in [6, 6.07) is 5.43. The molecule has 0 aliphatic rings. The monoisotopic (exact) mass is 356 g/mol. The highest BCUT2D eigenvalue weighted by molar-refractivity contribution is 7.99. The van der Waals surface area contributed by atoms with Crippen LogP contribution in [0.4, 0.5) is 0 Å². The molecule has 1 unspecified atom stereocenters. The number of rotatable bonds is 7. The van der Waals surface area contributed by atoms with Crippen molar-refractivity contribution < 1.29 is 9.59 Å². The fourth-order valence-electron chi connectivity index (χ4n) is 2.08. The number of carbonyl (C=O) groups excluding carboxylic acids is 2. The van der Waals surface area contributed by atoms with E-state index in [2.05, 4.69) is 10.0 Å². The van der Waals surface area contributed by atoms with Gasteiger partial charge in [0.05, 0.1) is 10.3 Å². The molecule has 22 heavy (non-hydrogen) atoms. The van der Waals surface area contributed by atoms with Gasteiger partial charge in [0.2, 0.25) is 12.3 Å². The molecule has 118 valence electrons. The zero-order valence-corrected chi connectivity index (χ0v) is 14.7. The van der Waals surface area contributed by atoms with Crippen LogP contribution in [0.25, 0.3) is 10.1 Å². The number of halogens is 1. The summed E-state index contributed by atoms with van der Waals surface area (Å²) in [4.78, 5) is 22.2. The van der Waals surface area contributed by atoms with E-state index in [4.69, 9.17) is 11.6 Å². The molecule has 0 spiro atoms. The molecule has 0 aliphatic heterocycles. The first-order chi connectivity index (χ1) is 10.6. The molecule has 1 aromatic carbocycles. The zero-order valence-electron chi connectivity index (χ0n) is 12.3. The van der Waals surface area contributed by atoms with Gasteiger partial charge in [0, 0.05) is 9.72 Å². The summed E-state index contributed by atoms with van der Waals surface area (Å²) < 4.78 is 5.42. The Morgan fingerprint density at radius 2 is 2.27 bits per heavy atom. The van der Waals surface area contributed by atoms with Crippen LogP contribution in [0.1, 0.15) is 25.3 Å². The molecule has 1 aromatic heterocycles. The summed E-state index contributed by atoms with van der Waals surface area (Å²) >= 11 is 9.13. The highest BCUT2D eigenvalue weighted by atomic mass is 35.5. The number of carbonyl (C=O) groups is 2. The average Bonchev–Trinajstić information content (AvgIpc) is 2.80. The van der Waals surface area contributed by atoms with Crippen molar-refractivity contribution in [1.82, 2.24) is 10.0 Å². The Bertz CT molecular complexity index is 687. The highest BCUT2D eigenvalue weighted by Crippen LogP contribution is 2.37. The minimum Gasteiger partial charge on any atom is -0.298 e. The topological polar surface area (TPSA) is 58.2 Å². The summed E-state index contributed by atoms with van der Waals surface area (Å²) in [5.41, 5.74) is 1.14. The molecule has 0 aliphatic carbocycles. The molecular formula is C15H17ClN2O2S2. The Hall–Kier alpha value is -1.08. The average molecular weight is 357 g/mol. The standard InChI is InChI=1S/C15H17ClN2O2S2/c1-3-4-12(14(20)17-8-19)18-22-15-9(2)11-7-10(16)5-6-13(11)21-15/h5-8,12,18H,3-4H2,1-2H3,(H,17,19,20). The van der Waals surface area contributed by atoms with Crippen LogP contribution in [-0.4, -0.2) is 18.4 Å². The number of imide groups is 1. The van der Waals surface area contributed by atoms with Crippen LogP contribution in [0, 0.1) is 6.92 Å². The first-order valence-corrected chi connectivity index (χ1v) is 8.93. The van der Waals surface area contributed by atoms with Gasteiger partial charge in [-0.1, -0.05) is 24.9 Å². The maximum absolute atomic E-state index is 11.8. The second-order valence-corrected chi connectivity index (χ2v) is 7.44. The number of hydrogen-bond acceptors (Lipinski definition) is 5. The smallest absolute Gasteiger partial charge is 0.244 e. The summed E-state index contributed by atoms with van der Waals surface area (Å²) in [6.07, 6.45) is 1.94. The second kappa shape index (κ2) is 7.97. The van der Waals surface area contributed by atoms with E-state index < -0.39 is 6.04 Å². The van der Waals surface area contributed by atoms with E-state index in [0.717, 1.165) is 26.3 Å². The van der Waals surface area contributed by atoms with Crippen LogP contribution in [-0.2, 0) is 9.59 Å². The van der Waals surface area contributed by atoms with Gasteiger partial charge in [-0.05, 0) is 54.4 Å². The molecule has 0 bridgehead atoms. The van der Waals surface area contributed by atoms with Gasteiger partial charge in [-0.2, -0.15) is 0 Å². The summed E-state index contributed by atoms with van der Waals surface area (Å²) in [5.74, 6) is -0.300. The normalized spacial score (nSPS) is 12.3. The van der Waals surface area contributed by atoms with Gasteiger partial charge in [-0.3, -0.25) is 14.9 Å². The molecule has 1 atom stereocenters. The Kier molecular flexibility index (Phi) is 6.26. The minimum atomic E-state index is -0.395. The number of fused-ring (bicyclic) bond motifs is 1. The predicted molar refractivity (Wildman–Crippen MR) is 93.5 cm³/mol. The van der Waals surface area contributed by atoms with E-state index in [1.54, 1.807) is 11.3 Å². The first-order valence-electron chi connectivity index (χ1n) is 6.91. The Balaban J connectivity index is 2.14. The lowest BCUT2D eigenvalue weighted by Gasteiger charge is -2.14. The van der Waals surface area contributed by atoms with E-state index in [0.29, 0.717) is 17.9 Å². The maximum Gasteiger partial charge on any atom is 0.244 e. The summed E-state index contributed by atoms with van der Waals surface area (Å²) in [5, 5.41) is 4.05. The zero-order chi connectivity index (χ0) is 16.1. The quantitative estimate of drug-likeness (QED) is 0.583. The van der Waals surface area contributed by atoms with Crippen molar-refractivity contribution in [3.63, 3.8) is 0 Å². The van der Waals surface area contributed by atoms with Crippen molar-refractivity contribution in [3.8, 4) is 0 Å². The lowest BCUT2D eigenvalue weighted by molar-refractivity contribution is -0.126. The van der Waals surface area contributed by atoms with Crippen LogP contribution < -0.4 is 10.0 Å². The third-order valence-electron chi connectivity index (χ3n) is 3.24. The van der Waals surface area contributed by atoms with Crippen molar-refractivity contribution in [2.75, 3.05) is 0 Å². The molecule has 0 fully saturated rings. The van der Waals surface area contributed by atoms with Crippen LogP contribution in [0.3, 0.4) is 0 Å². The number of thiophene rings is 1. The highest BCUT2D eigenvalue weighted by Gasteiger charge is 2.18. The molecule has 0 radical (unpaired) electrons. The third-order valence-corrected chi connectivity index (χ3v) is 5.94. The van der Waals surface area contributed by atoms with E-state index in [1.165, 1.54) is 11.9 Å². The third kappa shape index (κ3) is 4.01. The molecule has 2 N–H and O–H groups in total. The van der Waals surface area contributed by atoms with Crippen LogP contribution in [0.15, 0.2) is 22.4 Å². The fraction of sp³-hybridized carbons (Fsp3) is 0.333. The molecule has 0 saturated heterocycles. The summed E-state index contributed by atoms with van der Waals surface area (Å²) in [7, 11) is 0. The van der Waals surface area contributed by atoms with Crippen LogP contribution in [0.2, 0.25) is 5.02 Å². The van der Waals surface area contributed by atoms with E-state index in [-0.39, 0.29) is 5.91 Å². The molecule has 4 nitrogen and oxygen atoms in total. The lowest BCUT2D eigenvalue weighted by Crippen LogP contribution is -2.40. The van der Waals surface area contributed by atoms with Gasteiger partial charge in [0.15, 0.2) is 0 Å². The molecular weight excluding hydrogens is 340 g/mol. The SMILES string of the molecule is CCCC(NSc1sc2ccc(Cl)cc2c1C)C(=O)NC=O. The van der Waals surface area contributed by atoms with Crippen molar-refractivity contribution >= 4 is 57.3 Å². The number of hydrogen-bond donors (Lipinski definition) is 2. The summed E-state index contributed by atoms with van der Waals surface area (Å²) in [6.45, 7) is 4.04. The van der Waals surface area contributed by atoms with E-state index >= 15 is 0 Å². The van der Waals surface area contributed by atoms with Gasteiger partial charge >= 0.3 is 0 Å². The van der Waals surface area contributed by atoms with E-state index in [9.17, 15) is 9.59 Å². The van der Waals surface area contributed by atoms with Gasteiger partial charge in [0.25, 0.3) is 0 Å².